The van der Waals surface area contributed by atoms with Gasteiger partial charge in [-0.05, 0) is 18.2 Å². The predicted molar refractivity (Wildman–Crippen MR) is 79.4 cm³/mol. The van der Waals surface area contributed by atoms with Gasteiger partial charge in [-0.2, -0.15) is 10.2 Å². The molecule has 2 heterocycles. The number of hydrogen-bond acceptors (Lipinski definition) is 4. The second-order valence-electron chi connectivity index (χ2n) is 4.72. The lowest BCUT2D eigenvalue weighted by Crippen LogP contribution is -2.17. The van der Waals surface area contributed by atoms with Crippen molar-refractivity contribution in [1.29, 1.82) is 0 Å². The molecule has 108 valence electrons. The molecule has 0 radical (unpaired) electrons. The molecule has 0 fully saturated rings. The number of ether oxygens (including phenoxy) is 1. The Morgan fingerprint density at radius 3 is 2.67 bits per heavy atom. The third-order valence-electron chi connectivity index (χ3n) is 3.41. The van der Waals surface area contributed by atoms with Gasteiger partial charge in [-0.3, -0.25) is 4.68 Å². The van der Waals surface area contributed by atoms with Crippen LogP contribution in [0, 0.1) is 0 Å². The fourth-order valence-corrected chi connectivity index (χ4v) is 2.31. The first-order valence-corrected chi connectivity index (χ1v) is 6.63. The van der Waals surface area contributed by atoms with Gasteiger partial charge in [-0.25, -0.2) is 4.68 Å². The number of nitrogens with two attached hydrogens (primary N) is 1. The Morgan fingerprint density at radius 2 is 1.95 bits per heavy atom. The van der Waals surface area contributed by atoms with E-state index >= 15 is 0 Å². The molecule has 0 bridgehead atoms. The Bertz CT molecular complexity index is 732. The van der Waals surface area contributed by atoms with Gasteiger partial charge in [0.1, 0.15) is 5.69 Å². The third kappa shape index (κ3) is 2.41. The fraction of sp³-hybridized carbons (Fsp3) is 0.200. The summed E-state index contributed by atoms with van der Waals surface area (Å²) in [5, 5.41) is 8.72. The number of para-hydroxylation sites is 1. The second kappa shape index (κ2) is 5.41. The smallest absolute Gasteiger partial charge is 0.161 e. The topological polar surface area (TPSA) is 70.9 Å². The van der Waals surface area contributed by atoms with Crippen LogP contribution in [0.25, 0.3) is 5.69 Å². The number of aryl methyl sites for hydroxylation is 1. The zero-order chi connectivity index (χ0) is 14.8. The van der Waals surface area contributed by atoms with E-state index in [1.807, 2.05) is 49.6 Å². The van der Waals surface area contributed by atoms with Crippen LogP contribution in [0.1, 0.15) is 17.4 Å². The quantitative estimate of drug-likeness (QED) is 0.790. The van der Waals surface area contributed by atoms with E-state index in [2.05, 4.69) is 10.2 Å². The summed E-state index contributed by atoms with van der Waals surface area (Å²) in [6.45, 7) is 0. The SMILES string of the molecule is COc1cnn(C)c1C(N)c1ccn(-c2ccccc2)n1. The largest absolute Gasteiger partial charge is 0.493 e. The number of methoxy groups -OCH3 is 1. The van der Waals surface area contributed by atoms with Crippen molar-refractivity contribution in [3.8, 4) is 11.4 Å². The molecule has 0 amide bonds. The van der Waals surface area contributed by atoms with E-state index in [-0.39, 0.29) is 0 Å². The van der Waals surface area contributed by atoms with Gasteiger partial charge < -0.3 is 10.5 Å². The van der Waals surface area contributed by atoms with Crippen molar-refractivity contribution in [2.24, 2.45) is 12.8 Å². The van der Waals surface area contributed by atoms with Gasteiger partial charge >= 0.3 is 0 Å². The summed E-state index contributed by atoms with van der Waals surface area (Å²) < 4.78 is 8.82. The van der Waals surface area contributed by atoms with Crippen LogP contribution in [-0.4, -0.2) is 26.7 Å². The molecule has 0 aliphatic rings. The summed E-state index contributed by atoms with van der Waals surface area (Å²) in [5.74, 6) is 0.666. The maximum Gasteiger partial charge on any atom is 0.161 e. The highest BCUT2D eigenvalue weighted by Crippen LogP contribution is 2.26. The van der Waals surface area contributed by atoms with Crippen LogP contribution in [0.4, 0.5) is 0 Å². The van der Waals surface area contributed by atoms with Crippen LogP contribution in [0.2, 0.25) is 0 Å². The second-order valence-corrected chi connectivity index (χ2v) is 4.72. The third-order valence-corrected chi connectivity index (χ3v) is 3.41. The van der Waals surface area contributed by atoms with Crippen LogP contribution < -0.4 is 10.5 Å². The molecular weight excluding hydrogens is 266 g/mol. The number of aromatic nitrogens is 4. The summed E-state index contributed by atoms with van der Waals surface area (Å²) in [6.07, 6.45) is 3.55. The Morgan fingerprint density at radius 1 is 1.19 bits per heavy atom. The molecule has 6 heteroatoms. The van der Waals surface area contributed by atoms with Crippen molar-refractivity contribution < 1.29 is 4.74 Å². The van der Waals surface area contributed by atoms with Gasteiger partial charge in [0.2, 0.25) is 0 Å². The Labute approximate surface area is 122 Å². The molecule has 1 unspecified atom stereocenters. The first-order chi connectivity index (χ1) is 10.2. The molecule has 3 rings (SSSR count). The summed E-state index contributed by atoms with van der Waals surface area (Å²) >= 11 is 0. The highest BCUT2D eigenvalue weighted by molar-refractivity contribution is 5.35. The van der Waals surface area contributed by atoms with E-state index < -0.39 is 6.04 Å². The van der Waals surface area contributed by atoms with Crippen molar-refractivity contribution in [2.45, 2.75) is 6.04 Å². The highest BCUT2D eigenvalue weighted by atomic mass is 16.5. The average molecular weight is 283 g/mol. The normalized spacial score (nSPS) is 12.3. The molecule has 21 heavy (non-hydrogen) atoms. The number of hydrogen-bond donors (Lipinski definition) is 1. The fourth-order valence-electron chi connectivity index (χ4n) is 2.31. The summed E-state index contributed by atoms with van der Waals surface area (Å²) in [4.78, 5) is 0. The maximum atomic E-state index is 6.31. The molecule has 0 saturated carbocycles. The number of rotatable bonds is 4. The minimum atomic E-state index is -0.391. The van der Waals surface area contributed by atoms with E-state index in [0.29, 0.717) is 5.75 Å². The average Bonchev–Trinajstić information content (AvgIpc) is 3.14. The first kappa shape index (κ1) is 13.4. The molecule has 2 N–H and O–H groups in total. The van der Waals surface area contributed by atoms with Gasteiger partial charge in [0, 0.05) is 13.2 Å². The Hall–Kier alpha value is -2.60. The monoisotopic (exact) mass is 283 g/mol. The Kier molecular flexibility index (Phi) is 3.45. The number of benzene rings is 1. The lowest BCUT2D eigenvalue weighted by atomic mass is 10.1. The van der Waals surface area contributed by atoms with Gasteiger partial charge in [-0.15, -0.1) is 0 Å². The van der Waals surface area contributed by atoms with Crippen molar-refractivity contribution in [3.63, 3.8) is 0 Å². The van der Waals surface area contributed by atoms with Crippen LogP contribution in [-0.2, 0) is 7.05 Å². The van der Waals surface area contributed by atoms with Crippen molar-refractivity contribution in [1.82, 2.24) is 19.6 Å². The minimum absolute atomic E-state index is 0.391. The van der Waals surface area contributed by atoms with Crippen molar-refractivity contribution in [3.05, 3.63) is 60.2 Å². The van der Waals surface area contributed by atoms with Crippen LogP contribution in [0.5, 0.6) is 5.75 Å². The van der Waals surface area contributed by atoms with Gasteiger partial charge in [-0.1, -0.05) is 18.2 Å². The van der Waals surface area contributed by atoms with Crippen LogP contribution >= 0.6 is 0 Å². The molecule has 6 nitrogen and oxygen atoms in total. The first-order valence-electron chi connectivity index (χ1n) is 6.63. The predicted octanol–water partition coefficient (Wildman–Crippen LogP) is 1.66. The lowest BCUT2D eigenvalue weighted by Gasteiger charge is -2.11. The van der Waals surface area contributed by atoms with E-state index in [0.717, 1.165) is 17.1 Å². The zero-order valence-electron chi connectivity index (χ0n) is 12.0. The van der Waals surface area contributed by atoms with Gasteiger partial charge in [0.15, 0.2) is 5.75 Å². The maximum absolute atomic E-state index is 6.31. The van der Waals surface area contributed by atoms with Gasteiger partial charge in [0.25, 0.3) is 0 Å². The molecule has 3 aromatic rings. The molecule has 0 aliphatic heterocycles. The molecule has 0 saturated heterocycles. The molecular formula is C15H17N5O. The molecule has 1 atom stereocenters. The van der Waals surface area contributed by atoms with E-state index in [9.17, 15) is 0 Å². The van der Waals surface area contributed by atoms with Gasteiger partial charge in [0.05, 0.1) is 30.7 Å². The minimum Gasteiger partial charge on any atom is -0.493 e. The lowest BCUT2D eigenvalue weighted by molar-refractivity contribution is 0.405. The van der Waals surface area contributed by atoms with Crippen molar-refractivity contribution in [2.75, 3.05) is 7.11 Å². The highest BCUT2D eigenvalue weighted by Gasteiger charge is 2.21. The van der Waals surface area contributed by atoms with E-state index in [1.54, 1.807) is 22.7 Å². The molecule has 0 aliphatic carbocycles. The van der Waals surface area contributed by atoms with E-state index in [4.69, 9.17) is 10.5 Å². The van der Waals surface area contributed by atoms with E-state index in [1.165, 1.54) is 0 Å². The summed E-state index contributed by atoms with van der Waals surface area (Å²) in [7, 11) is 3.45. The molecule has 1 aromatic carbocycles. The zero-order valence-corrected chi connectivity index (χ0v) is 12.0. The summed E-state index contributed by atoms with van der Waals surface area (Å²) in [6, 6.07) is 11.4. The number of nitrogens with zero attached hydrogens (tertiary/aromatic N) is 4. The van der Waals surface area contributed by atoms with Crippen LogP contribution in [0.15, 0.2) is 48.8 Å². The molecule has 2 aromatic heterocycles. The molecule has 0 spiro atoms. The summed E-state index contributed by atoms with van der Waals surface area (Å²) in [5.41, 5.74) is 8.87. The van der Waals surface area contributed by atoms with Crippen molar-refractivity contribution >= 4 is 0 Å². The van der Waals surface area contributed by atoms with Crippen LogP contribution in [0.3, 0.4) is 0 Å². The Balaban J connectivity index is 1.94. The standard InChI is InChI=1S/C15H17N5O/c1-19-15(13(21-2)10-17-19)14(16)12-8-9-20(18-12)11-6-4-3-5-7-11/h3-10,14H,16H2,1-2H3.